The van der Waals surface area contributed by atoms with Crippen molar-refractivity contribution in [2.24, 2.45) is 0 Å². The molecule has 10 nitrogen and oxygen atoms in total. The minimum Gasteiger partial charge on any atom is -0.488 e. The molecule has 39 heavy (non-hydrogen) atoms. The molecule has 0 fully saturated rings. The summed E-state index contributed by atoms with van der Waals surface area (Å²) in [5.41, 5.74) is 2.95. The molecule has 1 aliphatic heterocycles. The molecule has 0 saturated heterocycles. The summed E-state index contributed by atoms with van der Waals surface area (Å²) < 4.78 is 16.5. The van der Waals surface area contributed by atoms with Crippen LogP contribution in [-0.4, -0.2) is 53.1 Å². The Bertz CT molecular complexity index is 1380. The van der Waals surface area contributed by atoms with E-state index in [2.05, 4.69) is 36.4 Å². The number of carbonyl (C=O) groups is 2. The van der Waals surface area contributed by atoms with E-state index in [0.717, 1.165) is 5.56 Å². The Morgan fingerprint density at radius 3 is 2.64 bits per heavy atom. The average molecular weight is 534 g/mol. The van der Waals surface area contributed by atoms with Crippen LogP contribution in [0, 0.1) is 0 Å². The predicted molar refractivity (Wildman–Crippen MR) is 146 cm³/mol. The van der Waals surface area contributed by atoms with Crippen LogP contribution in [0.3, 0.4) is 0 Å². The molecule has 204 valence electrons. The molecule has 0 bridgehead atoms. The lowest BCUT2D eigenvalue weighted by molar-refractivity contribution is -0.113. The number of aliphatic hydroxyl groups excluding tert-OH is 2. The van der Waals surface area contributed by atoms with Crippen molar-refractivity contribution in [3.63, 3.8) is 0 Å². The Kier molecular flexibility index (Phi) is 8.48. The lowest BCUT2D eigenvalue weighted by atomic mass is 9.87. The molecule has 2 heterocycles. The maximum atomic E-state index is 13.0. The van der Waals surface area contributed by atoms with E-state index < -0.39 is 18.8 Å². The molecular weight excluding hydrogens is 502 g/mol. The monoisotopic (exact) mass is 533 g/mol. The van der Waals surface area contributed by atoms with Crippen molar-refractivity contribution in [3.05, 3.63) is 77.5 Å². The number of nitrogens with one attached hydrogen (secondary N) is 2. The molecule has 2 amide bonds. The van der Waals surface area contributed by atoms with Crippen LogP contribution in [0.2, 0.25) is 0 Å². The molecule has 1 aromatic heterocycles. The summed E-state index contributed by atoms with van der Waals surface area (Å²) in [6.07, 6.45) is 1.22. The van der Waals surface area contributed by atoms with Gasteiger partial charge >= 0.3 is 6.09 Å². The first-order chi connectivity index (χ1) is 18.6. The van der Waals surface area contributed by atoms with Gasteiger partial charge in [-0.1, -0.05) is 32.9 Å². The number of benzene rings is 2. The number of amides is 2. The zero-order valence-electron chi connectivity index (χ0n) is 21.9. The number of pyridine rings is 1. The summed E-state index contributed by atoms with van der Waals surface area (Å²) in [6.45, 7) is 5.62. The zero-order chi connectivity index (χ0) is 28.0. The van der Waals surface area contributed by atoms with Crippen molar-refractivity contribution in [3.8, 4) is 17.2 Å². The number of anilines is 2. The third-order valence-corrected chi connectivity index (χ3v) is 5.79. The van der Waals surface area contributed by atoms with Crippen LogP contribution in [0.5, 0.6) is 17.2 Å². The first-order valence-electron chi connectivity index (χ1n) is 12.4. The number of nitrogens with zero attached hydrogens (tertiary/aromatic N) is 1. The summed E-state index contributed by atoms with van der Waals surface area (Å²) in [4.78, 5) is 28.9. The summed E-state index contributed by atoms with van der Waals surface area (Å²) in [5.74, 6) is 1.43. The molecule has 1 aliphatic rings. The second-order valence-electron chi connectivity index (χ2n) is 9.98. The van der Waals surface area contributed by atoms with Crippen LogP contribution in [0.15, 0.2) is 66.4 Å². The van der Waals surface area contributed by atoms with Gasteiger partial charge in [0.1, 0.15) is 42.4 Å². The largest absolute Gasteiger partial charge is 0.488 e. The van der Waals surface area contributed by atoms with E-state index in [0.29, 0.717) is 34.1 Å². The third-order valence-electron chi connectivity index (χ3n) is 5.79. The molecule has 4 N–H and O–H groups in total. The van der Waals surface area contributed by atoms with E-state index >= 15 is 0 Å². The molecular formula is C29H31N3O7. The first-order valence-corrected chi connectivity index (χ1v) is 12.4. The molecule has 3 aromatic rings. The number of hydrogen-bond donors (Lipinski definition) is 4. The highest BCUT2D eigenvalue weighted by Crippen LogP contribution is 2.33. The van der Waals surface area contributed by atoms with Crippen molar-refractivity contribution >= 4 is 29.6 Å². The second-order valence-corrected chi connectivity index (χ2v) is 9.98. The van der Waals surface area contributed by atoms with Gasteiger partial charge in [0.05, 0.1) is 12.2 Å². The van der Waals surface area contributed by atoms with Crippen LogP contribution in [0.25, 0.3) is 6.08 Å². The van der Waals surface area contributed by atoms with Gasteiger partial charge in [-0.05, 0) is 53.5 Å². The lowest BCUT2D eigenvalue weighted by Crippen LogP contribution is -2.24. The Hall–Kier alpha value is -4.41. The maximum absolute atomic E-state index is 13.0. The second kappa shape index (κ2) is 12.0. The van der Waals surface area contributed by atoms with Gasteiger partial charge in [0.25, 0.3) is 5.91 Å². The maximum Gasteiger partial charge on any atom is 0.412 e. The fourth-order valence-electron chi connectivity index (χ4n) is 3.67. The van der Waals surface area contributed by atoms with Crippen molar-refractivity contribution < 1.29 is 34.0 Å². The van der Waals surface area contributed by atoms with E-state index in [4.69, 9.17) is 19.3 Å². The van der Waals surface area contributed by atoms with Crippen molar-refractivity contribution in [2.75, 3.05) is 30.5 Å². The normalized spacial score (nSPS) is 13.3. The van der Waals surface area contributed by atoms with Crippen molar-refractivity contribution in [2.45, 2.75) is 32.3 Å². The highest BCUT2D eigenvalue weighted by atomic mass is 16.6. The van der Waals surface area contributed by atoms with Crippen LogP contribution in [0.1, 0.15) is 31.9 Å². The van der Waals surface area contributed by atoms with E-state index in [9.17, 15) is 14.7 Å². The van der Waals surface area contributed by atoms with Crippen LogP contribution < -0.4 is 20.1 Å². The van der Waals surface area contributed by atoms with E-state index in [1.165, 1.54) is 12.3 Å². The van der Waals surface area contributed by atoms with Crippen molar-refractivity contribution in [1.82, 2.24) is 4.98 Å². The number of hydrogen-bond acceptors (Lipinski definition) is 8. The Balaban J connectivity index is 1.43. The predicted octanol–water partition coefficient (Wildman–Crippen LogP) is 4.49. The Morgan fingerprint density at radius 2 is 1.87 bits per heavy atom. The van der Waals surface area contributed by atoms with Gasteiger partial charge in [-0.25, -0.2) is 9.78 Å². The Morgan fingerprint density at radius 1 is 1.08 bits per heavy atom. The highest BCUT2D eigenvalue weighted by molar-refractivity contribution is 6.07. The summed E-state index contributed by atoms with van der Waals surface area (Å²) in [7, 11) is 0. The van der Waals surface area contributed by atoms with Gasteiger partial charge in [-0.3, -0.25) is 10.1 Å². The molecule has 0 radical (unpaired) electrons. The molecule has 1 atom stereocenters. The molecule has 4 rings (SSSR count). The van der Waals surface area contributed by atoms with E-state index in [1.807, 2.05) is 24.3 Å². The fraction of sp³-hybridized carbons (Fsp3) is 0.276. The minimum absolute atomic E-state index is 0.0396. The zero-order valence-corrected chi connectivity index (χ0v) is 21.9. The van der Waals surface area contributed by atoms with Gasteiger partial charge in [-0.15, -0.1) is 0 Å². The third kappa shape index (κ3) is 7.56. The molecule has 0 spiro atoms. The molecule has 0 aliphatic carbocycles. The number of aliphatic hydroxyl groups is 2. The number of carbonyl (C=O) groups excluding carboxylic acids is 2. The average Bonchev–Trinajstić information content (AvgIpc) is 2.91. The van der Waals surface area contributed by atoms with Crippen LogP contribution in [-0.2, 0) is 14.9 Å². The van der Waals surface area contributed by atoms with Gasteiger partial charge in [0.2, 0.25) is 0 Å². The molecule has 0 unspecified atom stereocenters. The van der Waals surface area contributed by atoms with Gasteiger partial charge in [0, 0.05) is 23.5 Å². The summed E-state index contributed by atoms with van der Waals surface area (Å²) in [6, 6.07) is 16.1. The number of ether oxygens (including phenoxy) is 3. The van der Waals surface area contributed by atoms with Crippen LogP contribution in [0.4, 0.5) is 16.3 Å². The van der Waals surface area contributed by atoms with Gasteiger partial charge in [0.15, 0.2) is 0 Å². The van der Waals surface area contributed by atoms with Gasteiger partial charge < -0.3 is 29.7 Å². The topological polar surface area (TPSA) is 139 Å². The smallest absolute Gasteiger partial charge is 0.412 e. The number of aromatic nitrogens is 1. The van der Waals surface area contributed by atoms with Gasteiger partial charge in [-0.2, -0.15) is 0 Å². The van der Waals surface area contributed by atoms with E-state index in [-0.39, 0.29) is 30.4 Å². The number of rotatable bonds is 8. The molecule has 10 heteroatoms. The Labute approximate surface area is 226 Å². The fourth-order valence-corrected chi connectivity index (χ4v) is 3.67. The SMILES string of the molecule is CC(C)(C)c1cccc(NC(=O)C2=Cc3cc(Oc4ccnc(NC(=O)OC[C@H](O)CO)c4)ccc3OC2)c1. The highest BCUT2D eigenvalue weighted by Gasteiger charge is 2.20. The summed E-state index contributed by atoms with van der Waals surface area (Å²) in [5, 5.41) is 23.5. The molecule has 0 saturated carbocycles. The quantitative estimate of drug-likeness (QED) is 0.332. The number of fused-ring (bicyclic) bond motifs is 1. The standard InChI is InChI=1S/C29H31N3O7/c1-29(2,3)20-5-4-6-21(13-20)31-27(35)19-11-18-12-23(7-8-25(18)37-16-19)39-24-9-10-30-26(14-24)32-28(36)38-17-22(34)15-33/h4-14,22,33-34H,15-17H2,1-3H3,(H,31,35)(H,30,32,36)/t22-/m1/s1. The minimum atomic E-state index is -1.16. The molecule has 2 aromatic carbocycles. The van der Waals surface area contributed by atoms with E-state index in [1.54, 1.807) is 30.3 Å². The first kappa shape index (κ1) is 27.6. The van der Waals surface area contributed by atoms with Crippen molar-refractivity contribution in [1.29, 1.82) is 0 Å². The lowest BCUT2D eigenvalue weighted by Gasteiger charge is -2.21. The van der Waals surface area contributed by atoms with Crippen LogP contribution >= 0.6 is 0 Å². The summed E-state index contributed by atoms with van der Waals surface area (Å²) >= 11 is 0.